The van der Waals surface area contributed by atoms with Crippen LogP contribution in [0.2, 0.25) is 5.02 Å². The summed E-state index contributed by atoms with van der Waals surface area (Å²) in [5.41, 5.74) is 2.50. The van der Waals surface area contributed by atoms with Crippen LogP contribution >= 0.6 is 11.6 Å². The average Bonchev–Trinajstić information content (AvgIpc) is 3.77. The van der Waals surface area contributed by atoms with Gasteiger partial charge in [-0.05, 0) is 74.8 Å². The zero-order valence-electron chi connectivity index (χ0n) is 30.9. The first-order valence-corrected chi connectivity index (χ1v) is 19.7. The number of ether oxygens (including phenoxy) is 1. The summed E-state index contributed by atoms with van der Waals surface area (Å²) in [5, 5.41) is 26.0. The molecule has 3 aromatic rings. The molecule has 15 nitrogen and oxygen atoms in total. The minimum atomic E-state index is -0.979. The number of aliphatic hydroxyl groups excluding tert-OH is 1. The van der Waals surface area contributed by atoms with Crippen LogP contribution in [0.1, 0.15) is 83.0 Å². The molecule has 4 amide bonds. The maximum absolute atomic E-state index is 13.3. The zero-order valence-corrected chi connectivity index (χ0v) is 31.7. The van der Waals surface area contributed by atoms with Crippen LogP contribution in [-0.4, -0.2) is 113 Å². The number of carbonyl (C=O) groups excluding carboxylic acids is 4. The van der Waals surface area contributed by atoms with E-state index in [1.165, 1.54) is 0 Å². The highest BCUT2D eigenvalue weighted by atomic mass is 35.5. The highest BCUT2D eigenvalue weighted by molar-refractivity contribution is 6.31. The number of rotatable bonds is 10. The van der Waals surface area contributed by atoms with Gasteiger partial charge in [0.25, 0.3) is 11.8 Å². The Bertz CT molecular complexity index is 2040. The Balaban J connectivity index is 0.768. The molecule has 3 N–H and O–H groups in total. The van der Waals surface area contributed by atoms with Gasteiger partial charge in [-0.1, -0.05) is 11.6 Å². The molecule has 2 aromatic carbocycles. The predicted octanol–water partition coefficient (Wildman–Crippen LogP) is 3.02. The van der Waals surface area contributed by atoms with Crippen molar-refractivity contribution in [2.24, 2.45) is 5.92 Å². The Morgan fingerprint density at radius 1 is 0.911 bits per heavy atom. The number of hydrogen-bond acceptors (Lipinski definition) is 13. The highest BCUT2D eigenvalue weighted by Crippen LogP contribution is 2.32. The Hall–Kier alpha value is -5.14. The van der Waals surface area contributed by atoms with E-state index in [1.807, 2.05) is 6.07 Å². The number of nitriles is 1. The fraction of sp³-hybridized carbons (Fsp3) is 0.475. The van der Waals surface area contributed by atoms with E-state index in [4.69, 9.17) is 21.6 Å². The molecule has 2 unspecified atom stereocenters. The van der Waals surface area contributed by atoms with Gasteiger partial charge in [0.1, 0.15) is 24.1 Å². The number of nitrogens with one attached hydrogen (secondary N) is 2. The summed E-state index contributed by atoms with van der Waals surface area (Å²) in [6.07, 6.45) is 7.18. The number of aliphatic hydroxyl groups is 1. The lowest BCUT2D eigenvalue weighted by molar-refractivity contribution is -0.136. The van der Waals surface area contributed by atoms with Gasteiger partial charge in [-0.25, -0.2) is 9.97 Å². The lowest BCUT2D eigenvalue weighted by atomic mass is 9.92. The second-order valence-corrected chi connectivity index (χ2v) is 15.7. The highest BCUT2D eigenvalue weighted by Gasteiger charge is 2.45. The summed E-state index contributed by atoms with van der Waals surface area (Å²) in [4.78, 5) is 67.6. The van der Waals surface area contributed by atoms with Crippen molar-refractivity contribution in [1.29, 1.82) is 5.26 Å². The van der Waals surface area contributed by atoms with E-state index in [-0.39, 0.29) is 30.6 Å². The third-order valence-electron chi connectivity index (χ3n) is 11.7. The number of amides is 4. The van der Waals surface area contributed by atoms with Gasteiger partial charge >= 0.3 is 0 Å². The van der Waals surface area contributed by atoms with E-state index in [9.17, 15) is 24.3 Å². The van der Waals surface area contributed by atoms with Crippen LogP contribution < -0.4 is 25.2 Å². The van der Waals surface area contributed by atoms with Crippen LogP contribution in [-0.2, 0) is 9.59 Å². The smallest absolute Gasteiger partial charge is 0.262 e. The number of halogens is 1. The number of hydrogen-bond donors (Lipinski definition) is 3. The number of anilines is 2. The Morgan fingerprint density at radius 3 is 2.38 bits per heavy atom. The minimum absolute atomic E-state index is 0.0474. The fourth-order valence-electron chi connectivity index (χ4n) is 8.53. The third-order valence-corrected chi connectivity index (χ3v) is 12.0. The van der Waals surface area contributed by atoms with Crippen molar-refractivity contribution in [3.8, 4) is 11.8 Å². The normalized spacial score (nSPS) is 24.9. The van der Waals surface area contributed by atoms with E-state index in [0.717, 1.165) is 88.5 Å². The number of nitrogens with zero attached hydrogens (tertiary/aromatic N) is 7. The van der Waals surface area contributed by atoms with E-state index in [2.05, 4.69) is 41.4 Å². The van der Waals surface area contributed by atoms with Gasteiger partial charge in [0.2, 0.25) is 17.8 Å². The Labute approximate surface area is 329 Å². The molecule has 56 heavy (non-hydrogen) atoms. The molecule has 0 spiro atoms. The summed E-state index contributed by atoms with van der Waals surface area (Å²) in [6.45, 7) is 5.95. The predicted molar refractivity (Wildman–Crippen MR) is 205 cm³/mol. The quantitative estimate of drug-likeness (QED) is 0.202. The van der Waals surface area contributed by atoms with Crippen LogP contribution in [0, 0.1) is 17.2 Å². The molecule has 5 heterocycles. The monoisotopic (exact) mass is 781 g/mol. The molecule has 4 aliphatic heterocycles. The third kappa shape index (κ3) is 7.92. The van der Waals surface area contributed by atoms with Gasteiger partial charge in [0.15, 0.2) is 0 Å². The first-order valence-electron chi connectivity index (χ1n) is 19.3. The van der Waals surface area contributed by atoms with Crippen LogP contribution in [0.15, 0.2) is 48.8 Å². The lowest BCUT2D eigenvalue weighted by Gasteiger charge is -2.37. The molecule has 5 aliphatic rings. The molecule has 0 radical (unpaired) electrons. The number of carbonyl (C=O) groups is 4. The molecular weight excluding hydrogens is 738 g/mol. The first kappa shape index (κ1) is 37.8. The Kier molecular flexibility index (Phi) is 10.9. The summed E-state index contributed by atoms with van der Waals surface area (Å²) in [7, 11) is 0. The van der Waals surface area contributed by atoms with Crippen molar-refractivity contribution in [2.75, 3.05) is 55.6 Å². The van der Waals surface area contributed by atoms with Gasteiger partial charge in [0, 0.05) is 88.0 Å². The van der Waals surface area contributed by atoms with E-state index in [0.29, 0.717) is 39.3 Å². The largest absolute Gasteiger partial charge is 0.490 e. The van der Waals surface area contributed by atoms with Crippen LogP contribution in [0.5, 0.6) is 5.75 Å². The molecule has 4 fully saturated rings. The number of piperidine rings is 1. The van der Waals surface area contributed by atoms with Gasteiger partial charge < -0.3 is 19.6 Å². The van der Waals surface area contributed by atoms with Gasteiger partial charge in [-0.15, -0.1) is 0 Å². The second kappa shape index (κ2) is 16.1. The minimum Gasteiger partial charge on any atom is -0.490 e. The molecule has 8 rings (SSSR count). The maximum atomic E-state index is 13.3. The summed E-state index contributed by atoms with van der Waals surface area (Å²) in [5.74, 6) is -0.219. The van der Waals surface area contributed by atoms with Gasteiger partial charge in [-0.3, -0.25) is 39.6 Å². The summed E-state index contributed by atoms with van der Waals surface area (Å²) >= 11 is 6.15. The van der Waals surface area contributed by atoms with Gasteiger partial charge in [0.05, 0.1) is 27.8 Å². The fourth-order valence-corrected chi connectivity index (χ4v) is 8.74. The van der Waals surface area contributed by atoms with E-state index < -0.39 is 35.9 Å². The van der Waals surface area contributed by atoms with E-state index >= 15 is 0 Å². The van der Waals surface area contributed by atoms with Crippen molar-refractivity contribution < 1.29 is 29.0 Å². The molecule has 3 atom stereocenters. The average molecular weight is 782 g/mol. The Morgan fingerprint density at radius 2 is 1.66 bits per heavy atom. The van der Waals surface area contributed by atoms with Gasteiger partial charge in [-0.2, -0.15) is 5.26 Å². The molecule has 1 saturated carbocycles. The molecule has 1 aliphatic carbocycles. The van der Waals surface area contributed by atoms with Crippen LogP contribution in [0.3, 0.4) is 0 Å². The number of fused-ring (bicyclic) bond motifs is 1. The van der Waals surface area contributed by atoms with Crippen molar-refractivity contribution >= 4 is 46.9 Å². The molecule has 1 aromatic heterocycles. The van der Waals surface area contributed by atoms with Crippen molar-refractivity contribution in [3.05, 3.63) is 76.1 Å². The number of piperazine rings is 1. The number of aromatic nitrogens is 2. The molecular formula is C40H44ClN9O6. The summed E-state index contributed by atoms with van der Waals surface area (Å²) < 4.78 is 6.10. The van der Waals surface area contributed by atoms with Crippen molar-refractivity contribution in [2.45, 2.75) is 69.4 Å². The van der Waals surface area contributed by atoms with Crippen LogP contribution in [0.25, 0.3) is 0 Å². The lowest BCUT2D eigenvalue weighted by Crippen LogP contribution is -2.54. The molecule has 16 heteroatoms. The SMILES string of the molecule is N#Cc1ccc(O[C@H]2CC[C@H](NC(O)c3cnc(N4CC[C@@H](CN5CCN(c6ccc7c(c6)C(=O)N(C6CCC(=O)NC6=O)C7=O)CC5)C4)nc3)CC2)cc1Cl. The van der Waals surface area contributed by atoms with E-state index in [1.54, 1.807) is 42.7 Å². The molecule has 292 valence electrons. The number of imide groups is 2. The van der Waals surface area contributed by atoms with Crippen molar-refractivity contribution in [1.82, 2.24) is 30.4 Å². The number of benzene rings is 2. The maximum Gasteiger partial charge on any atom is 0.262 e. The molecule has 3 saturated heterocycles. The van der Waals surface area contributed by atoms with Crippen molar-refractivity contribution in [3.63, 3.8) is 0 Å². The standard InChI is InChI=1S/C40H44ClN9O6/c41-33-18-30(5-1-25(33)19-42)56-29-6-2-27(3-7-29)45-36(52)26-20-43-40(44-21-26)49-12-11-24(23-49)22-47-13-15-48(16-14-47)28-4-8-31-32(17-28)39(55)50(38(31)54)34-9-10-35(51)46-37(34)53/h1,4-5,8,17-18,20-21,24,27,29,34,36,45,52H,2-3,6-7,9-16,22-23H2,(H,46,51,53)/t24-,27-,29-,34?,36?/m0/s1. The second-order valence-electron chi connectivity index (χ2n) is 15.3. The topological polar surface area (TPSA) is 184 Å². The summed E-state index contributed by atoms with van der Waals surface area (Å²) in [6, 6.07) is 11.6. The molecule has 0 bridgehead atoms. The first-order chi connectivity index (χ1) is 27.1. The van der Waals surface area contributed by atoms with Crippen LogP contribution in [0.4, 0.5) is 11.6 Å². The zero-order chi connectivity index (χ0) is 38.9.